The van der Waals surface area contributed by atoms with Gasteiger partial charge in [-0.2, -0.15) is 13.2 Å². The molecule has 0 fully saturated rings. The van der Waals surface area contributed by atoms with Crippen molar-refractivity contribution >= 4 is 27.0 Å². The molecule has 0 aliphatic heterocycles. The molecule has 0 aromatic carbocycles. The third kappa shape index (κ3) is 1.94. The number of hydrogen-bond acceptors (Lipinski definition) is 2. The maximum Gasteiger partial charge on any atom is 0.417 e. The lowest BCUT2D eigenvalue weighted by molar-refractivity contribution is -0.137. The second kappa shape index (κ2) is 3.44. The number of halogens is 4. The van der Waals surface area contributed by atoms with Crippen molar-refractivity contribution in [1.82, 2.24) is 9.97 Å². The molecule has 78 valence electrons. The summed E-state index contributed by atoms with van der Waals surface area (Å²) in [6.07, 6.45) is -2.16. The molecule has 15 heavy (non-hydrogen) atoms. The van der Waals surface area contributed by atoms with Crippen molar-refractivity contribution in [1.29, 1.82) is 0 Å². The van der Waals surface area contributed by atoms with Gasteiger partial charge in [-0.3, -0.25) is 9.97 Å². The van der Waals surface area contributed by atoms with Crippen LogP contribution in [0, 0.1) is 0 Å². The quantitative estimate of drug-likeness (QED) is 0.737. The number of nitrogens with zero attached hydrogens (tertiary/aromatic N) is 2. The number of rotatable bonds is 0. The zero-order valence-corrected chi connectivity index (χ0v) is 8.80. The van der Waals surface area contributed by atoms with E-state index < -0.39 is 11.7 Å². The minimum absolute atomic E-state index is 0.221. The highest BCUT2D eigenvalue weighted by molar-refractivity contribution is 9.10. The Hall–Kier alpha value is -1.17. The van der Waals surface area contributed by atoms with E-state index in [0.29, 0.717) is 9.99 Å². The molecule has 0 aliphatic carbocycles. The van der Waals surface area contributed by atoms with Crippen molar-refractivity contribution in [3.05, 3.63) is 34.6 Å². The lowest BCUT2D eigenvalue weighted by Gasteiger charge is -2.06. The van der Waals surface area contributed by atoms with Crippen LogP contribution in [-0.4, -0.2) is 9.97 Å². The van der Waals surface area contributed by atoms with Gasteiger partial charge in [0.1, 0.15) is 5.52 Å². The average molecular weight is 277 g/mol. The summed E-state index contributed by atoms with van der Waals surface area (Å²) in [5.74, 6) is 0. The van der Waals surface area contributed by atoms with Crippen molar-refractivity contribution in [2.45, 2.75) is 6.18 Å². The molecular formula is C9H4BrF3N2. The number of hydrogen-bond donors (Lipinski definition) is 0. The minimum atomic E-state index is -4.38. The Morgan fingerprint density at radius 3 is 2.60 bits per heavy atom. The van der Waals surface area contributed by atoms with Crippen LogP contribution in [-0.2, 0) is 6.18 Å². The van der Waals surface area contributed by atoms with Crippen LogP contribution < -0.4 is 0 Å². The largest absolute Gasteiger partial charge is 0.417 e. The Morgan fingerprint density at radius 1 is 1.20 bits per heavy atom. The Morgan fingerprint density at radius 2 is 1.93 bits per heavy atom. The van der Waals surface area contributed by atoms with E-state index in [2.05, 4.69) is 25.9 Å². The molecule has 0 radical (unpaired) electrons. The summed E-state index contributed by atoms with van der Waals surface area (Å²) >= 11 is 3.19. The monoisotopic (exact) mass is 276 g/mol. The SMILES string of the molecule is FC(F)(F)c1cnc2c(Br)ccnc2c1. The molecule has 6 heteroatoms. The molecule has 0 unspecified atom stereocenters. The Bertz CT molecular complexity index is 510. The normalized spacial score (nSPS) is 12.0. The van der Waals surface area contributed by atoms with Gasteiger partial charge in [0, 0.05) is 16.9 Å². The van der Waals surface area contributed by atoms with Crippen LogP contribution in [0.2, 0.25) is 0 Å². The van der Waals surface area contributed by atoms with E-state index in [1.54, 1.807) is 6.07 Å². The number of fused-ring (bicyclic) bond motifs is 1. The van der Waals surface area contributed by atoms with Crippen LogP contribution in [0.4, 0.5) is 13.2 Å². The van der Waals surface area contributed by atoms with Gasteiger partial charge in [0.05, 0.1) is 11.1 Å². The van der Waals surface area contributed by atoms with Gasteiger partial charge >= 0.3 is 6.18 Å². The lowest BCUT2D eigenvalue weighted by Crippen LogP contribution is -2.05. The van der Waals surface area contributed by atoms with Crippen molar-refractivity contribution in [2.75, 3.05) is 0 Å². The number of pyridine rings is 2. The predicted molar refractivity (Wildman–Crippen MR) is 52.2 cm³/mol. The molecule has 2 heterocycles. The van der Waals surface area contributed by atoms with E-state index in [1.807, 2.05) is 0 Å². The molecular weight excluding hydrogens is 273 g/mol. The first-order valence-corrected chi connectivity index (χ1v) is 4.75. The van der Waals surface area contributed by atoms with Crippen LogP contribution in [0.5, 0.6) is 0 Å². The van der Waals surface area contributed by atoms with E-state index in [9.17, 15) is 13.2 Å². The lowest BCUT2D eigenvalue weighted by atomic mass is 10.2. The van der Waals surface area contributed by atoms with Crippen molar-refractivity contribution < 1.29 is 13.2 Å². The number of aromatic nitrogens is 2. The fraction of sp³-hybridized carbons (Fsp3) is 0.111. The molecule has 0 aliphatic rings. The zero-order valence-electron chi connectivity index (χ0n) is 7.22. The van der Waals surface area contributed by atoms with Crippen LogP contribution in [0.25, 0.3) is 11.0 Å². The van der Waals surface area contributed by atoms with E-state index in [4.69, 9.17) is 0 Å². The standard InChI is InChI=1S/C9H4BrF3N2/c10-6-1-2-14-7-3-5(9(11,12)13)4-15-8(6)7/h1-4H. The third-order valence-electron chi connectivity index (χ3n) is 1.86. The second-order valence-corrected chi connectivity index (χ2v) is 3.74. The van der Waals surface area contributed by atoms with E-state index in [-0.39, 0.29) is 5.52 Å². The highest BCUT2D eigenvalue weighted by Gasteiger charge is 2.31. The Balaban J connectivity index is 2.68. The highest BCUT2D eigenvalue weighted by Crippen LogP contribution is 2.31. The third-order valence-corrected chi connectivity index (χ3v) is 2.50. The number of alkyl halides is 3. The molecule has 0 amide bonds. The molecule has 2 nitrogen and oxygen atoms in total. The molecule has 2 aromatic heterocycles. The zero-order chi connectivity index (χ0) is 11.1. The summed E-state index contributed by atoms with van der Waals surface area (Å²) in [4.78, 5) is 7.54. The van der Waals surface area contributed by atoms with Crippen LogP contribution >= 0.6 is 15.9 Å². The maximum absolute atomic E-state index is 12.3. The minimum Gasteiger partial charge on any atom is -0.255 e. The van der Waals surface area contributed by atoms with Gasteiger partial charge < -0.3 is 0 Å². The van der Waals surface area contributed by atoms with Gasteiger partial charge in [-0.25, -0.2) is 0 Å². The second-order valence-electron chi connectivity index (χ2n) is 2.88. The van der Waals surface area contributed by atoms with Gasteiger partial charge in [-0.05, 0) is 28.1 Å². The van der Waals surface area contributed by atoms with E-state index >= 15 is 0 Å². The van der Waals surface area contributed by atoms with Crippen molar-refractivity contribution in [3.8, 4) is 0 Å². The van der Waals surface area contributed by atoms with Gasteiger partial charge in [-0.15, -0.1) is 0 Å². The first-order valence-electron chi connectivity index (χ1n) is 3.96. The molecule has 2 rings (SSSR count). The van der Waals surface area contributed by atoms with Gasteiger partial charge in [0.2, 0.25) is 0 Å². The van der Waals surface area contributed by atoms with Gasteiger partial charge in [0.15, 0.2) is 0 Å². The smallest absolute Gasteiger partial charge is 0.255 e. The molecule has 0 atom stereocenters. The van der Waals surface area contributed by atoms with Crippen LogP contribution in [0.3, 0.4) is 0 Å². The van der Waals surface area contributed by atoms with E-state index in [1.165, 1.54) is 6.20 Å². The maximum atomic E-state index is 12.3. The fourth-order valence-corrected chi connectivity index (χ4v) is 1.58. The average Bonchev–Trinajstić information content (AvgIpc) is 2.16. The Labute approximate surface area is 91.3 Å². The van der Waals surface area contributed by atoms with E-state index in [0.717, 1.165) is 12.3 Å². The molecule has 0 saturated heterocycles. The molecule has 0 saturated carbocycles. The molecule has 2 aromatic rings. The molecule has 0 N–H and O–H groups in total. The molecule has 0 bridgehead atoms. The predicted octanol–water partition coefficient (Wildman–Crippen LogP) is 3.41. The topological polar surface area (TPSA) is 25.8 Å². The summed E-state index contributed by atoms with van der Waals surface area (Å²) in [6.45, 7) is 0. The highest BCUT2D eigenvalue weighted by atomic mass is 79.9. The summed E-state index contributed by atoms with van der Waals surface area (Å²) in [5.41, 5.74) is -0.148. The van der Waals surface area contributed by atoms with Crippen LogP contribution in [0.1, 0.15) is 5.56 Å². The van der Waals surface area contributed by atoms with Crippen LogP contribution in [0.15, 0.2) is 29.0 Å². The summed E-state index contributed by atoms with van der Waals surface area (Å²) in [7, 11) is 0. The Kier molecular flexibility index (Phi) is 2.38. The first kappa shape index (κ1) is 10.4. The fourth-order valence-electron chi connectivity index (χ4n) is 1.15. The molecule has 0 spiro atoms. The van der Waals surface area contributed by atoms with Crippen molar-refractivity contribution in [3.63, 3.8) is 0 Å². The summed E-state index contributed by atoms with van der Waals surface area (Å²) in [5, 5.41) is 0. The van der Waals surface area contributed by atoms with Gasteiger partial charge in [-0.1, -0.05) is 0 Å². The summed E-state index contributed by atoms with van der Waals surface area (Å²) < 4.78 is 37.6. The first-order chi connectivity index (χ1) is 6.98. The van der Waals surface area contributed by atoms with Crippen molar-refractivity contribution in [2.24, 2.45) is 0 Å². The van der Waals surface area contributed by atoms with Gasteiger partial charge in [0.25, 0.3) is 0 Å². The summed E-state index contributed by atoms with van der Waals surface area (Å²) in [6, 6.07) is 2.61.